The fourth-order valence-corrected chi connectivity index (χ4v) is 2.13. The minimum atomic E-state index is -0.804. The fraction of sp³-hybridized carbons (Fsp3) is 0.727. The largest absolute Gasteiger partial charge is 0.478 e. The zero-order valence-electron chi connectivity index (χ0n) is 8.40. The Morgan fingerprint density at radius 3 is 2.93 bits per heavy atom. The van der Waals surface area contributed by atoms with Gasteiger partial charge in [-0.15, -0.1) is 0 Å². The molecule has 2 fully saturated rings. The van der Waals surface area contributed by atoms with Gasteiger partial charge in [-0.3, -0.25) is 0 Å². The van der Waals surface area contributed by atoms with Gasteiger partial charge in [0.15, 0.2) is 0 Å². The van der Waals surface area contributed by atoms with Gasteiger partial charge < -0.3 is 9.84 Å². The molecule has 78 valence electrons. The maximum absolute atomic E-state index is 10.6. The van der Waals surface area contributed by atoms with Crippen LogP contribution >= 0.6 is 0 Å². The molecular formula is C11H16O3. The highest BCUT2D eigenvalue weighted by atomic mass is 16.6. The van der Waals surface area contributed by atoms with E-state index in [0.717, 1.165) is 19.3 Å². The minimum absolute atomic E-state index is 0.462. The van der Waals surface area contributed by atoms with E-state index < -0.39 is 5.97 Å². The van der Waals surface area contributed by atoms with Crippen LogP contribution in [0.4, 0.5) is 0 Å². The molecule has 2 rings (SSSR count). The van der Waals surface area contributed by atoms with Gasteiger partial charge in [0.2, 0.25) is 0 Å². The van der Waals surface area contributed by atoms with Crippen LogP contribution in [0.2, 0.25) is 0 Å². The summed E-state index contributed by atoms with van der Waals surface area (Å²) >= 11 is 0. The number of aliphatic carboxylic acids is 1. The molecule has 0 aromatic heterocycles. The first-order chi connectivity index (χ1) is 6.66. The van der Waals surface area contributed by atoms with Gasteiger partial charge in [0.25, 0.3) is 0 Å². The van der Waals surface area contributed by atoms with Crippen LogP contribution in [-0.4, -0.2) is 23.3 Å². The standard InChI is InChI=1S/C11H16O3/c1-7(11(12)13)2-3-8-4-5-9-10(6-8)14-9/h2,8-10H,3-6H2,1H3,(H,12,13). The van der Waals surface area contributed by atoms with Crippen LogP contribution < -0.4 is 0 Å². The van der Waals surface area contributed by atoms with E-state index in [9.17, 15) is 4.79 Å². The number of hydrogen-bond donors (Lipinski definition) is 1. The van der Waals surface area contributed by atoms with Crippen LogP contribution in [0.1, 0.15) is 32.6 Å². The molecule has 0 aromatic rings. The lowest BCUT2D eigenvalue weighted by atomic mass is 9.86. The molecule has 0 radical (unpaired) electrons. The summed E-state index contributed by atoms with van der Waals surface area (Å²) in [7, 11) is 0. The molecule has 1 saturated carbocycles. The van der Waals surface area contributed by atoms with Crippen molar-refractivity contribution in [2.24, 2.45) is 5.92 Å². The number of allylic oxidation sites excluding steroid dienone is 1. The minimum Gasteiger partial charge on any atom is -0.478 e. The molecule has 0 bridgehead atoms. The molecule has 1 aliphatic heterocycles. The van der Waals surface area contributed by atoms with Gasteiger partial charge in [-0.1, -0.05) is 6.08 Å². The average molecular weight is 196 g/mol. The highest BCUT2D eigenvalue weighted by Gasteiger charge is 2.43. The molecule has 2 aliphatic rings. The van der Waals surface area contributed by atoms with Gasteiger partial charge in [-0.05, 0) is 38.5 Å². The first kappa shape index (κ1) is 9.71. The molecule has 3 heteroatoms. The summed E-state index contributed by atoms with van der Waals surface area (Å²) in [5.74, 6) is -0.172. The molecule has 14 heavy (non-hydrogen) atoms. The Morgan fingerprint density at radius 2 is 2.29 bits per heavy atom. The summed E-state index contributed by atoms with van der Waals surface area (Å²) in [6, 6.07) is 0. The molecule has 1 aliphatic carbocycles. The Morgan fingerprint density at radius 1 is 1.50 bits per heavy atom. The smallest absolute Gasteiger partial charge is 0.330 e. The Labute approximate surface area is 83.8 Å². The molecule has 0 amide bonds. The van der Waals surface area contributed by atoms with Gasteiger partial charge in [0.1, 0.15) is 0 Å². The third-order valence-electron chi connectivity index (χ3n) is 3.21. The normalized spacial score (nSPS) is 36.4. The van der Waals surface area contributed by atoms with Gasteiger partial charge in [0.05, 0.1) is 12.2 Å². The summed E-state index contributed by atoms with van der Waals surface area (Å²) < 4.78 is 5.43. The van der Waals surface area contributed by atoms with Crippen molar-refractivity contribution in [3.63, 3.8) is 0 Å². The Kier molecular flexibility index (Phi) is 2.59. The van der Waals surface area contributed by atoms with E-state index in [1.165, 1.54) is 6.42 Å². The predicted octanol–water partition coefficient (Wildman–Crippen LogP) is 1.97. The zero-order valence-corrected chi connectivity index (χ0v) is 8.40. The Hall–Kier alpha value is -0.830. The molecule has 1 heterocycles. The second-order valence-corrected chi connectivity index (χ2v) is 4.32. The van der Waals surface area contributed by atoms with Crippen LogP contribution in [0.25, 0.3) is 0 Å². The lowest BCUT2D eigenvalue weighted by Gasteiger charge is -2.16. The van der Waals surface area contributed by atoms with Crippen LogP contribution in [0.5, 0.6) is 0 Å². The SMILES string of the molecule is CC(=CCC1CCC2OC2C1)C(=O)O. The number of carboxylic acids is 1. The molecular weight excluding hydrogens is 180 g/mol. The van der Waals surface area contributed by atoms with Crippen molar-refractivity contribution in [2.75, 3.05) is 0 Å². The summed E-state index contributed by atoms with van der Waals surface area (Å²) in [4.78, 5) is 10.6. The second kappa shape index (κ2) is 3.73. The van der Waals surface area contributed by atoms with Crippen molar-refractivity contribution in [1.29, 1.82) is 0 Å². The van der Waals surface area contributed by atoms with Crippen LogP contribution in [0, 0.1) is 5.92 Å². The van der Waals surface area contributed by atoms with E-state index in [2.05, 4.69) is 0 Å². The monoisotopic (exact) mass is 196 g/mol. The van der Waals surface area contributed by atoms with Crippen molar-refractivity contribution in [3.05, 3.63) is 11.6 Å². The summed E-state index contributed by atoms with van der Waals surface area (Å²) in [5.41, 5.74) is 0.462. The van der Waals surface area contributed by atoms with Crippen molar-refractivity contribution < 1.29 is 14.6 Å². The number of epoxide rings is 1. The molecule has 0 aromatic carbocycles. The number of carboxylic acid groups (broad SMARTS) is 1. The molecule has 3 nitrogen and oxygen atoms in total. The Bertz CT molecular complexity index is 270. The highest BCUT2D eigenvalue weighted by molar-refractivity contribution is 5.85. The summed E-state index contributed by atoms with van der Waals surface area (Å²) in [6.07, 6.45) is 7.23. The second-order valence-electron chi connectivity index (χ2n) is 4.32. The summed E-state index contributed by atoms with van der Waals surface area (Å²) in [5, 5.41) is 8.68. The third-order valence-corrected chi connectivity index (χ3v) is 3.21. The average Bonchev–Trinajstić information content (AvgIpc) is 2.91. The van der Waals surface area contributed by atoms with Crippen LogP contribution in [0.3, 0.4) is 0 Å². The van der Waals surface area contributed by atoms with Crippen LogP contribution in [-0.2, 0) is 9.53 Å². The van der Waals surface area contributed by atoms with Crippen LogP contribution in [0.15, 0.2) is 11.6 Å². The molecule has 0 spiro atoms. The molecule has 3 atom stereocenters. The van der Waals surface area contributed by atoms with E-state index in [1.807, 2.05) is 6.08 Å². The Balaban J connectivity index is 1.79. The van der Waals surface area contributed by atoms with Gasteiger partial charge in [-0.25, -0.2) is 4.79 Å². The van der Waals surface area contributed by atoms with Gasteiger partial charge in [-0.2, -0.15) is 0 Å². The first-order valence-electron chi connectivity index (χ1n) is 5.22. The van der Waals surface area contributed by atoms with Crippen molar-refractivity contribution in [3.8, 4) is 0 Å². The third kappa shape index (κ3) is 2.15. The molecule has 1 saturated heterocycles. The molecule has 3 unspecified atom stereocenters. The summed E-state index contributed by atoms with van der Waals surface area (Å²) in [6.45, 7) is 1.65. The van der Waals surface area contributed by atoms with E-state index in [1.54, 1.807) is 6.92 Å². The van der Waals surface area contributed by atoms with Gasteiger partial charge in [0, 0.05) is 5.57 Å². The quantitative estimate of drug-likeness (QED) is 0.554. The van der Waals surface area contributed by atoms with E-state index in [0.29, 0.717) is 23.7 Å². The number of hydrogen-bond acceptors (Lipinski definition) is 2. The maximum atomic E-state index is 10.6. The lowest BCUT2D eigenvalue weighted by Crippen LogP contribution is -2.13. The van der Waals surface area contributed by atoms with Crippen molar-refractivity contribution >= 4 is 5.97 Å². The number of rotatable bonds is 3. The number of fused-ring (bicyclic) bond motifs is 1. The predicted molar refractivity (Wildman–Crippen MR) is 52.0 cm³/mol. The van der Waals surface area contributed by atoms with E-state index in [4.69, 9.17) is 9.84 Å². The fourth-order valence-electron chi connectivity index (χ4n) is 2.13. The number of ether oxygens (including phenoxy) is 1. The van der Waals surface area contributed by atoms with E-state index >= 15 is 0 Å². The van der Waals surface area contributed by atoms with E-state index in [-0.39, 0.29) is 0 Å². The van der Waals surface area contributed by atoms with Crippen molar-refractivity contribution in [2.45, 2.75) is 44.8 Å². The van der Waals surface area contributed by atoms with Crippen molar-refractivity contribution in [1.82, 2.24) is 0 Å². The topological polar surface area (TPSA) is 49.8 Å². The highest BCUT2D eigenvalue weighted by Crippen LogP contribution is 2.40. The lowest BCUT2D eigenvalue weighted by molar-refractivity contribution is -0.132. The molecule has 1 N–H and O–H groups in total. The first-order valence-corrected chi connectivity index (χ1v) is 5.22. The zero-order chi connectivity index (χ0) is 10.1. The van der Waals surface area contributed by atoms with Gasteiger partial charge >= 0.3 is 5.97 Å². The number of carbonyl (C=O) groups is 1. The maximum Gasteiger partial charge on any atom is 0.330 e.